The minimum absolute atomic E-state index is 0.136. The van der Waals surface area contributed by atoms with Crippen LogP contribution in [0.15, 0.2) is 47.6 Å². The van der Waals surface area contributed by atoms with E-state index in [4.69, 9.17) is 0 Å². The van der Waals surface area contributed by atoms with Gasteiger partial charge in [0.1, 0.15) is 0 Å². The number of halogens is 3. The summed E-state index contributed by atoms with van der Waals surface area (Å²) in [5.74, 6) is -2.37. The molecule has 3 fully saturated rings. The largest absolute Gasteiger partial charge is 0.418 e. The molecule has 4 atom stereocenters. The summed E-state index contributed by atoms with van der Waals surface area (Å²) < 4.78 is 40.3. The summed E-state index contributed by atoms with van der Waals surface area (Å²) in [6.07, 6.45) is 4.83. The lowest BCUT2D eigenvalue weighted by Gasteiger charge is -2.24. The third-order valence-electron chi connectivity index (χ3n) is 6.73. The third-order valence-corrected chi connectivity index (χ3v) is 6.73. The average molecular weight is 387 g/mol. The SMILES string of the molecule is O=C1[C@@H]2[C@@H](C(=O)N1c1ccccc1C(F)(F)F)[C@H]1C=C[C@H]2C1=C1CCCCC1. The van der Waals surface area contributed by atoms with Crippen molar-refractivity contribution in [2.75, 3.05) is 4.90 Å². The molecule has 0 aromatic heterocycles. The van der Waals surface area contributed by atoms with Gasteiger partial charge < -0.3 is 0 Å². The molecule has 1 aromatic rings. The summed E-state index contributed by atoms with van der Waals surface area (Å²) in [5.41, 5.74) is 1.29. The van der Waals surface area contributed by atoms with Crippen LogP contribution < -0.4 is 4.90 Å². The summed E-state index contributed by atoms with van der Waals surface area (Å²) in [4.78, 5) is 27.2. The number of rotatable bonds is 1. The molecular formula is C22H20F3NO2. The first-order valence-corrected chi connectivity index (χ1v) is 9.84. The van der Waals surface area contributed by atoms with Crippen LogP contribution in [0.3, 0.4) is 0 Å². The Labute approximate surface area is 160 Å². The van der Waals surface area contributed by atoms with Crippen molar-refractivity contribution in [2.24, 2.45) is 23.7 Å². The topological polar surface area (TPSA) is 37.4 Å². The number of amides is 2. The maximum absolute atomic E-state index is 13.4. The van der Waals surface area contributed by atoms with Gasteiger partial charge in [-0.15, -0.1) is 0 Å². The number of hydrogen-bond acceptors (Lipinski definition) is 2. The van der Waals surface area contributed by atoms with Gasteiger partial charge in [0.2, 0.25) is 11.8 Å². The van der Waals surface area contributed by atoms with E-state index in [1.54, 1.807) is 0 Å². The van der Waals surface area contributed by atoms with Crippen LogP contribution in [0.5, 0.6) is 0 Å². The first-order valence-electron chi connectivity index (χ1n) is 9.84. The van der Waals surface area contributed by atoms with Crippen molar-refractivity contribution < 1.29 is 22.8 Å². The van der Waals surface area contributed by atoms with Crippen LogP contribution >= 0.6 is 0 Å². The summed E-state index contributed by atoms with van der Waals surface area (Å²) in [5, 5.41) is 0. The van der Waals surface area contributed by atoms with E-state index in [9.17, 15) is 22.8 Å². The highest BCUT2D eigenvalue weighted by molar-refractivity contribution is 6.23. The third kappa shape index (κ3) is 2.36. The second-order valence-corrected chi connectivity index (χ2v) is 8.13. The van der Waals surface area contributed by atoms with Crippen LogP contribution in [0.4, 0.5) is 18.9 Å². The summed E-state index contributed by atoms with van der Waals surface area (Å²) in [7, 11) is 0. The highest BCUT2D eigenvalue weighted by Gasteiger charge is 2.62. The predicted octanol–water partition coefficient (Wildman–Crippen LogP) is 4.89. The fraction of sp³-hybridized carbons (Fsp3) is 0.455. The summed E-state index contributed by atoms with van der Waals surface area (Å²) >= 11 is 0. The smallest absolute Gasteiger partial charge is 0.274 e. The van der Waals surface area contributed by atoms with Crippen molar-refractivity contribution in [2.45, 2.75) is 38.3 Å². The molecule has 3 nitrogen and oxygen atoms in total. The zero-order valence-electron chi connectivity index (χ0n) is 15.2. The van der Waals surface area contributed by atoms with Gasteiger partial charge in [-0.1, -0.05) is 41.9 Å². The van der Waals surface area contributed by atoms with E-state index in [2.05, 4.69) is 0 Å². The van der Waals surface area contributed by atoms with Crippen LogP contribution in [0, 0.1) is 23.7 Å². The molecule has 1 heterocycles. The van der Waals surface area contributed by atoms with E-state index in [1.165, 1.54) is 35.8 Å². The number of nitrogens with zero attached hydrogens (tertiary/aromatic N) is 1. The molecule has 1 aromatic carbocycles. The molecule has 1 aliphatic heterocycles. The van der Waals surface area contributed by atoms with Gasteiger partial charge in [-0.3, -0.25) is 9.59 Å². The molecule has 28 heavy (non-hydrogen) atoms. The zero-order chi connectivity index (χ0) is 19.6. The number of allylic oxidation sites excluding steroid dienone is 4. The molecule has 2 bridgehead atoms. The maximum atomic E-state index is 13.4. The van der Waals surface area contributed by atoms with Crippen LogP contribution in [-0.2, 0) is 15.8 Å². The van der Waals surface area contributed by atoms with Gasteiger partial charge in [-0.25, -0.2) is 4.90 Å². The predicted molar refractivity (Wildman–Crippen MR) is 97.1 cm³/mol. The monoisotopic (exact) mass is 387 g/mol. The first kappa shape index (κ1) is 17.7. The Morgan fingerprint density at radius 2 is 1.43 bits per heavy atom. The van der Waals surface area contributed by atoms with Crippen LogP contribution in [-0.4, -0.2) is 11.8 Å². The molecule has 0 spiro atoms. The molecule has 5 rings (SSSR count). The normalized spacial score (nSPS) is 31.9. The molecule has 146 valence electrons. The van der Waals surface area contributed by atoms with Crippen LogP contribution in [0.25, 0.3) is 0 Å². The Kier molecular flexibility index (Phi) is 3.83. The second kappa shape index (κ2) is 6.06. The van der Waals surface area contributed by atoms with Gasteiger partial charge in [0, 0.05) is 11.8 Å². The number of carbonyl (C=O) groups is 2. The van der Waals surface area contributed by atoms with E-state index in [0.717, 1.165) is 36.6 Å². The molecule has 3 aliphatic carbocycles. The van der Waals surface area contributed by atoms with Crippen LogP contribution in [0.2, 0.25) is 0 Å². The number of alkyl halides is 3. The Bertz CT molecular complexity index is 888. The lowest BCUT2D eigenvalue weighted by Crippen LogP contribution is -2.35. The Morgan fingerprint density at radius 3 is 2.00 bits per heavy atom. The highest BCUT2D eigenvalue weighted by Crippen LogP contribution is 2.58. The average Bonchev–Trinajstić information content (AvgIpc) is 3.31. The van der Waals surface area contributed by atoms with Gasteiger partial charge >= 0.3 is 6.18 Å². The number of hydrogen-bond donors (Lipinski definition) is 0. The Hall–Kier alpha value is -2.37. The minimum Gasteiger partial charge on any atom is -0.274 e. The van der Waals surface area contributed by atoms with Crippen LogP contribution in [0.1, 0.15) is 37.7 Å². The van der Waals surface area contributed by atoms with Crippen molar-refractivity contribution in [1.82, 2.24) is 0 Å². The van der Waals surface area contributed by atoms with Gasteiger partial charge in [0.15, 0.2) is 0 Å². The summed E-state index contributed by atoms with van der Waals surface area (Å²) in [6, 6.07) is 4.85. The van der Waals surface area contributed by atoms with E-state index in [-0.39, 0.29) is 17.5 Å². The van der Waals surface area contributed by atoms with E-state index in [1.807, 2.05) is 12.2 Å². The van der Waals surface area contributed by atoms with Gasteiger partial charge in [0.25, 0.3) is 0 Å². The number of imide groups is 1. The van der Waals surface area contributed by atoms with Crippen molar-refractivity contribution in [3.63, 3.8) is 0 Å². The maximum Gasteiger partial charge on any atom is 0.418 e. The Balaban J connectivity index is 1.55. The van der Waals surface area contributed by atoms with Crippen molar-refractivity contribution in [3.05, 3.63) is 53.1 Å². The minimum atomic E-state index is -4.62. The zero-order valence-corrected chi connectivity index (χ0v) is 15.2. The van der Waals surface area contributed by atoms with Crippen molar-refractivity contribution in [1.29, 1.82) is 0 Å². The number of anilines is 1. The number of benzene rings is 1. The highest BCUT2D eigenvalue weighted by atomic mass is 19.4. The number of para-hydroxylation sites is 1. The summed E-state index contributed by atoms with van der Waals surface area (Å²) in [6.45, 7) is 0. The van der Waals surface area contributed by atoms with E-state index in [0.29, 0.717) is 0 Å². The number of fused-ring (bicyclic) bond motifs is 5. The Morgan fingerprint density at radius 1 is 0.857 bits per heavy atom. The quantitative estimate of drug-likeness (QED) is 0.508. The van der Waals surface area contributed by atoms with Gasteiger partial charge in [0.05, 0.1) is 23.1 Å². The molecule has 2 saturated carbocycles. The lowest BCUT2D eigenvalue weighted by atomic mass is 9.85. The molecule has 6 heteroatoms. The first-order chi connectivity index (χ1) is 13.4. The van der Waals surface area contributed by atoms with Gasteiger partial charge in [-0.2, -0.15) is 13.2 Å². The fourth-order valence-electron chi connectivity index (χ4n) is 5.65. The molecule has 0 radical (unpaired) electrons. The molecule has 4 aliphatic rings. The molecule has 0 unspecified atom stereocenters. The van der Waals surface area contributed by atoms with Crippen molar-refractivity contribution in [3.8, 4) is 0 Å². The molecule has 1 saturated heterocycles. The lowest BCUT2D eigenvalue weighted by molar-refractivity contribution is -0.137. The standard InChI is InChI=1S/C22H20F3NO2/c23-22(24,25)15-8-4-5-9-16(15)26-20(27)18-13-10-11-14(19(18)21(26)28)17(13)12-6-2-1-3-7-12/h4-5,8-11,13-14,18-19H,1-3,6-7H2/t13-,14-,18-,19-/m0/s1. The van der Waals surface area contributed by atoms with Crippen molar-refractivity contribution >= 4 is 17.5 Å². The van der Waals surface area contributed by atoms with Gasteiger partial charge in [-0.05, 0) is 37.8 Å². The van der Waals surface area contributed by atoms with E-state index < -0.39 is 35.4 Å². The fourth-order valence-corrected chi connectivity index (χ4v) is 5.65. The second-order valence-electron chi connectivity index (χ2n) is 8.13. The number of carbonyl (C=O) groups excluding carboxylic acids is 2. The molecule has 2 amide bonds. The van der Waals surface area contributed by atoms with E-state index >= 15 is 0 Å². The molecular weight excluding hydrogens is 367 g/mol. The molecule has 0 N–H and O–H groups in total.